The molecule has 2 rings (SSSR count). The second kappa shape index (κ2) is 6.29. The summed E-state index contributed by atoms with van der Waals surface area (Å²) in [6.45, 7) is 0. The minimum Gasteiger partial charge on any atom is -0.496 e. The minimum absolute atomic E-state index is 0.124. The lowest BCUT2D eigenvalue weighted by Gasteiger charge is -2.29. The first-order valence-electron chi connectivity index (χ1n) is 6.56. The number of benzene rings is 2. The summed E-state index contributed by atoms with van der Waals surface area (Å²) in [5.41, 5.74) is 0.511. The SMILES string of the molecule is COc1ccc(F)c(C(O)(C(N)=O)c2ccccc2)c1C(F)F. The third-order valence-corrected chi connectivity index (χ3v) is 3.50. The van der Waals surface area contributed by atoms with Crippen LogP contribution in [0.5, 0.6) is 5.75 Å². The van der Waals surface area contributed by atoms with Gasteiger partial charge in [-0.2, -0.15) is 0 Å². The van der Waals surface area contributed by atoms with Crippen molar-refractivity contribution in [3.8, 4) is 5.75 Å². The fourth-order valence-corrected chi connectivity index (χ4v) is 2.43. The van der Waals surface area contributed by atoms with E-state index >= 15 is 0 Å². The summed E-state index contributed by atoms with van der Waals surface area (Å²) >= 11 is 0. The Labute approximate surface area is 130 Å². The van der Waals surface area contributed by atoms with Crippen molar-refractivity contribution < 1.29 is 27.8 Å². The van der Waals surface area contributed by atoms with E-state index in [1.165, 1.54) is 24.3 Å². The van der Waals surface area contributed by atoms with Gasteiger partial charge in [-0.25, -0.2) is 13.2 Å². The topological polar surface area (TPSA) is 72.6 Å². The first kappa shape index (κ1) is 16.8. The molecular formula is C16H14F3NO3. The molecule has 1 amide bonds. The van der Waals surface area contributed by atoms with Gasteiger partial charge in [0.15, 0.2) is 5.60 Å². The van der Waals surface area contributed by atoms with Gasteiger partial charge in [-0.1, -0.05) is 30.3 Å². The van der Waals surface area contributed by atoms with Crippen LogP contribution in [0.1, 0.15) is 23.1 Å². The highest BCUT2D eigenvalue weighted by Gasteiger charge is 2.44. The molecule has 23 heavy (non-hydrogen) atoms. The van der Waals surface area contributed by atoms with Crippen molar-refractivity contribution in [3.63, 3.8) is 0 Å². The lowest BCUT2D eigenvalue weighted by atomic mass is 9.82. The minimum atomic E-state index is -3.19. The number of carbonyl (C=O) groups excluding carboxylic acids is 1. The summed E-state index contributed by atoms with van der Waals surface area (Å²) in [5.74, 6) is -2.92. The number of aliphatic hydroxyl groups is 1. The van der Waals surface area contributed by atoms with E-state index < -0.39 is 34.9 Å². The molecule has 1 unspecified atom stereocenters. The van der Waals surface area contributed by atoms with Crippen molar-refractivity contribution in [2.24, 2.45) is 5.73 Å². The molecule has 2 aromatic carbocycles. The summed E-state index contributed by atoms with van der Waals surface area (Å²) in [4.78, 5) is 11.9. The molecule has 0 bridgehead atoms. The number of rotatable bonds is 5. The van der Waals surface area contributed by atoms with E-state index in [4.69, 9.17) is 10.5 Å². The number of amides is 1. The Morgan fingerprint density at radius 2 is 1.83 bits per heavy atom. The van der Waals surface area contributed by atoms with E-state index in [2.05, 4.69) is 0 Å². The number of alkyl halides is 2. The van der Waals surface area contributed by atoms with Gasteiger partial charge >= 0.3 is 0 Å². The highest BCUT2D eigenvalue weighted by Crippen LogP contribution is 2.42. The Bertz CT molecular complexity index is 722. The van der Waals surface area contributed by atoms with Crippen molar-refractivity contribution in [2.75, 3.05) is 7.11 Å². The van der Waals surface area contributed by atoms with Gasteiger partial charge in [0.2, 0.25) is 0 Å². The molecular weight excluding hydrogens is 311 g/mol. The number of hydrogen-bond donors (Lipinski definition) is 2. The third kappa shape index (κ3) is 2.75. The van der Waals surface area contributed by atoms with Gasteiger partial charge in [0.1, 0.15) is 11.6 Å². The molecule has 0 saturated heterocycles. The fraction of sp³-hybridized carbons (Fsp3) is 0.188. The Morgan fingerprint density at radius 3 is 2.30 bits per heavy atom. The molecule has 0 aliphatic heterocycles. The molecule has 0 spiro atoms. The average molecular weight is 325 g/mol. The summed E-state index contributed by atoms with van der Waals surface area (Å²) in [5, 5.41) is 10.8. The summed E-state index contributed by atoms with van der Waals surface area (Å²) in [7, 11) is 1.12. The zero-order valence-electron chi connectivity index (χ0n) is 12.1. The molecule has 3 N–H and O–H groups in total. The molecule has 0 fully saturated rings. The smallest absolute Gasteiger partial charge is 0.267 e. The van der Waals surface area contributed by atoms with E-state index in [1.54, 1.807) is 6.07 Å². The highest BCUT2D eigenvalue weighted by molar-refractivity contribution is 5.89. The lowest BCUT2D eigenvalue weighted by molar-refractivity contribution is -0.133. The van der Waals surface area contributed by atoms with Crippen LogP contribution >= 0.6 is 0 Å². The van der Waals surface area contributed by atoms with Gasteiger partial charge in [0, 0.05) is 5.56 Å². The standard InChI is InChI=1S/C16H14F3NO3/c1-23-11-8-7-10(17)13(12(11)14(18)19)16(22,15(20)21)9-5-3-2-4-6-9/h2-8,14,22H,1H3,(H2,20,21). The predicted octanol–water partition coefficient (Wildman–Crippen LogP) is 2.49. The van der Waals surface area contributed by atoms with Gasteiger partial charge in [0.25, 0.3) is 12.3 Å². The predicted molar refractivity (Wildman–Crippen MR) is 76.5 cm³/mol. The van der Waals surface area contributed by atoms with Crippen molar-refractivity contribution in [3.05, 3.63) is 65.0 Å². The van der Waals surface area contributed by atoms with E-state index in [-0.39, 0.29) is 11.3 Å². The van der Waals surface area contributed by atoms with Crippen LogP contribution in [0.15, 0.2) is 42.5 Å². The number of ether oxygens (including phenoxy) is 1. The fourth-order valence-electron chi connectivity index (χ4n) is 2.43. The van der Waals surface area contributed by atoms with E-state index in [9.17, 15) is 23.1 Å². The van der Waals surface area contributed by atoms with Gasteiger partial charge in [-0.3, -0.25) is 4.79 Å². The average Bonchev–Trinajstić information content (AvgIpc) is 2.54. The zero-order valence-corrected chi connectivity index (χ0v) is 12.1. The second-order valence-electron chi connectivity index (χ2n) is 4.78. The van der Waals surface area contributed by atoms with Crippen LogP contribution in [0.3, 0.4) is 0 Å². The summed E-state index contributed by atoms with van der Waals surface area (Å²) in [6.07, 6.45) is -3.19. The maximum atomic E-state index is 14.3. The maximum absolute atomic E-state index is 14.3. The monoisotopic (exact) mass is 325 g/mol. The van der Waals surface area contributed by atoms with Crippen LogP contribution in [0.4, 0.5) is 13.2 Å². The van der Waals surface area contributed by atoms with Gasteiger partial charge in [-0.15, -0.1) is 0 Å². The number of carbonyl (C=O) groups is 1. The van der Waals surface area contributed by atoms with Gasteiger partial charge < -0.3 is 15.6 Å². The van der Waals surface area contributed by atoms with Gasteiger partial charge in [-0.05, 0) is 17.7 Å². The summed E-state index contributed by atoms with van der Waals surface area (Å²) < 4.78 is 46.0. The van der Waals surface area contributed by atoms with Crippen LogP contribution in [-0.4, -0.2) is 18.1 Å². The van der Waals surface area contributed by atoms with Crippen LogP contribution in [-0.2, 0) is 10.4 Å². The van der Waals surface area contributed by atoms with E-state index in [0.29, 0.717) is 0 Å². The zero-order chi connectivity index (χ0) is 17.2. The molecule has 0 aliphatic carbocycles. The number of halogens is 3. The number of primary amides is 1. The quantitative estimate of drug-likeness (QED) is 0.887. The summed E-state index contributed by atoms with van der Waals surface area (Å²) in [6, 6.07) is 8.91. The molecule has 0 heterocycles. The number of nitrogens with two attached hydrogens (primary N) is 1. The Balaban J connectivity index is 2.88. The van der Waals surface area contributed by atoms with Crippen molar-refractivity contribution in [1.29, 1.82) is 0 Å². The molecule has 2 aromatic rings. The molecule has 0 saturated carbocycles. The number of hydrogen-bond acceptors (Lipinski definition) is 3. The maximum Gasteiger partial charge on any atom is 0.267 e. The molecule has 1 atom stereocenters. The van der Waals surface area contributed by atoms with Crippen LogP contribution in [0.2, 0.25) is 0 Å². The first-order chi connectivity index (χ1) is 10.8. The molecule has 0 aromatic heterocycles. The van der Waals surface area contributed by atoms with Crippen molar-refractivity contribution in [1.82, 2.24) is 0 Å². The second-order valence-corrected chi connectivity index (χ2v) is 4.78. The van der Waals surface area contributed by atoms with Crippen LogP contribution in [0, 0.1) is 5.82 Å². The Kier molecular flexibility index (Phi) is 4.60. The lowest BCUT2D eigenvalue weighted by Crippen LogP contribution is -2.43. The number of methoxy groups -OCH3 is 1. The molecule has 4 nitrogen and oxygen atoms in total. The third-order valence-electron chi connectivity index (χ3n) is 3.50. The normalized spacial score (nSPS) is 13.7. The van der Waals surface area contributed by atoms with Crippen molar-refractivity contribution in [2.45, 2.75) is 12.0 Å². The molecule has 7 heteroatoms. The van der Waals surface area contributed by atoms with E-state index in [0.717, 1.165) is 19.2 Å². The highest BCUT2D eigenvalue weighted by atomic mass is 19.3. The molecule has 122 valence electrons. The first-order valence-corrected chi connectivity index (χ1v) is 6.56. The van der Waals surface area contributed by atoms with E-state index in [1.807, 2.05) is 0 Å². The van der Waals surface area contributed by atoms with Crippen molar-refractivity contribution >= 4 is 5.91 Å². The van der Waals surface area contributed by atoms with Gasteiger partial charge in [0.05, 0.1) is 12.7 Å². The Morgan fingerprint density at radius 1 is 1.22 bits per heavy atom. The van der Waals surface area contributed by atoms with Crippen LogP contribution in [0.25, 0.3) is 0 Å². The largest absolute Gasteiger partial charge is 0.496 e. The molecule has 0 radical (unpaired) electrons. The molecule has 0 aliphatic rings. The van der Waals surface area contributed by atoms with Crippen LogP contribution < -0.4 is 10.5 Å². The Hall–Kier alpha value is -2.54.